The SMILES string of the molecule is CC(C)C1CCCC(N2CCN(CCC(=O)O)CC2)C1. The van der Waals surface area contributed by atoms with Gasteiger partial charge >= 0.3 is 5.97 Å². The summed E-state index contributed by atoms with van der Waals surface area (Å²) in [5.74, 6) is 1.04. The van der Waals surface area contributed by atoms with Crippen molar-refractivity contribution in [3.05, 3.63) is 0 Å². The lowest BCUT2D eigenvalue weighted by atomic mass is 9.78. The molecule has 0 bridgehead atoms. The van der Waals surface area contributed by atoms with E-state index in [0.717, 1.165) is 44.1 Å². The Morgan fingerprint density at radius 3 is 2.50 bits per heavy atom. The van der Waals surface area contributed by atoms with Crippen LogP contribution in [0.5, 0.6) is 0 Å². The molecule has 4 heteroatoms. The monoisotopic (exact) mass is 282 g/mol. The van der Waals surface area contributed by atoms with Crippen molar-refractivity contribution in [3.63, 3.8) is 0 Å². The first kappa shape index (κ1) is 15.8. The molecule has 0 aromatic heterocycles. The van der Waals surface area contributed by atoms with E-state index in [1.807, 2.05) is 0 Å². The number of carboxylic acid groups (broad SMARTS) is 1. The maximum Gasteiger partial charge on any atom is 0.304 e. The van der Waals surface area contributed by atoms with Crippen LogP contribution in [0.3, 0.4) is 0 Å². The van der Waals surface area contributed by atoms with Gasteiger partial charge < -0.3 is 10.0 Å². The molecule has 2 atom stereocenters. The average molecular weight is 282 g/mol. The van der Waals surface area contributed by atoms with Gasteiger partial charge in [-0.05, 0) is 24.7 Å². The molecule has 2 aliphatic rings. The average Bonchev–Trinajstić information content (AvgIpc) is 2.46. The van der Waals surface area contributed by atoms with Crippen molar-refractivity contribution in [2.75, 3.05) is 32.7 Å². The van der Waals surface area contributed by atoms with Gasteiger partial charge in [0.1, 0.15) is 0 Å². The minimum Gasteiger partial charge on any atom is -0.481 e. The third kappa shape index (κ3) is 4.45. The molecule has 4 nitrogen and oxygen atoms in total. The van der Waals surface area contributed by atoms with Crippen LogP contribution >= 0.6 is 0 Å². The smallest absolute Gasteiger partial charge is 0.304 e. The Kier molecular flexibility index (Phi) is 5.85. The second-order valence-electron chi connectivity index (χ2n) is 6.85. The van der Waals surface area contributed by atoms with E-state index in [1.54, 1.807) is 0 Å². The molecule has 0 aromatic rings. The van der Waals surface area contributed by atoms with Crippen LogP contribution in [-0.4, -0.2) is 59.6 Å². The first-order chi connectivity index (χ1) is 9.56. The molecule has 2 unspecified atom stereocenters. The van der Waals surface area contributed by atoms with Crippen molar-refractivity contribution in [3.8, 4) is 0 Å². The highest BCUT2D eigenvalue weighted by Gasteiger charge is 2.30. The number of hydrogen-bond acceptors (Lipinski definition) is 3. The molecular weight excluding hydrogens is 252 g/mol. The van der Waals surface area contributed by atoms with E-state index in [9.17, 15) is 4.79 Å². The predicted octanol–water partition coefficient (Wildman–Crippen LogP) is 2.29. The van der Waals surface area contributed by atoms with Gasteiger partial charge in [0.15, 0.2) is 0 Å². The fourth-order valence-electron chi connectivity index (χ4n) is 3.74. The van der Waals surface area contributed by atoms with Crippen LogP contribution in [0.25, 0.3) is 0 Å². The molecule has 0 aromatic carbocycles. The normalized spacial score (nSPS) is 29.8. The highest BCUT2D eigenvalue weighted by atomic mass is 16.4. The summed E-state index contributed by atoms with van der Waals surface area (Å²) < 4.78 is 0. The fourth-order valence-corrected chi connectivity index (χ4v) is 3.74. The number of piperazine rings is 1. The maximum absolute atomic E-state index is 10.6. The summed E-state index contributed by atoms with van der Waals surface area (Å²) >= 11 is 0. The summed E-state index contributed by atoms with van der Waals surface area (Å²) in [6.07, 6.45) is 5.80. The molecule has 1 aliphatic heterocycles. The first-order valence-corrected chi connectivity index (χ1v) is 8.24. The summed E-state index contributed by atoms with van der Waals surface area (Å²) in [4.78, 5) is 15.6. The van der Waals surface area contributed by atoms with Crippen molar-refractivity contribution >= 4 is 5.97 Å². The highest BCUT2D eigenvalue weighted by Crippen LogP contribution is 2.32. The van der Waals surface area contributed by atoms with Gasteiger partial charge in [-0.3, -0.25) is 9.69 Å². The van der Waals surface area contributed by atoms with Crippen LogP contribution in [0, 0.1) is 11.8 Å². The summed E-state index contributed by atoms with van der Waals surface area (Å²) in [5, 5.41) is 8.74. The van der Waals surface area contributed by atoms with Crippen LogP contribution < -0.4 is 0 Å². The third-order valence-electron chi connectivity index (χ3n) is 5.20. The molecule has 1 N–H and O–H groups in total. The first-order valence-electron chi connectivity index (χ1n) is 8.24. The molecular formula is C16H30N2O2. The third-order valence-corrected chi connectivity index (χ3v) is 5.20. The van der Waals surface area contributed by atoms with Gasteiger partial charge in [0.05, 0.1) is 6.42 Å². The number of aliphatic carboxylic acids is 1. The Morgan fingerprint density at radius 1 is 1.20 bits per heavy atom. The van der Waals surface area contributed by atoms with Crippen LogP contribution in [0.2, 0.25) is 0 Å². The van der Waals surface area contributed by atoms with Gasteiger partial charge in [-0.15, -0.1) is 0 Å². The topological polar surface area (TPSA) is 43.8 Å². The molecule has 2 fully saturated rings. The van der Waals surface area contributed by atoms with Crippen LogP contribution in [0.4, 0.5) is 0 Å². The van der Waals surface area contributed by atoms with Crippen molar-refractivity contribution in [1.82, 2.24) is 9.80 Å². The largest absolute Gasteiger partial charge is 0.481 e. The van der Waals surface area contributed by atoms with Crippen molar-refractivity contribution in [2.24, 2.45) is 11.8 Å². The van der Waals surface area contributed by atoms with Gasteiger partial charge in [0.25, 0.3) is 0 Å². The number of rotatable bonds is 5. The lowest BCUT2D eigenvalue weighted by Crippen LogP contribution is -2.51. The van der Waals surface area contributed by atoms with E-state index in [2.05, 4.69) is 23.6 Å². The number of carboxylic acids is 1. The Labute approximate surface area is 123 Å². The minimum atomic E-state index is -0.681. The zero-order chi connectivity index (χ0) is 14.5. The van der Waals surface area contributed by atoms with E-state index in [1.165, 1.54) is 25.7 Å². The second-order valence-corrected chi connectivity index (χ2v) is 6.85. The van der Waals surface area contributed by atoms with Gasteiger partial charge in [0, 0.05) is 38.8 Å². The standard InChI is InChI=1S/C16H30N2O2/c1-13(2)14-4-3-5-15(12-14)18-10-8-17(9-11-18)7-6-16(19)20/h13-15H,3-12H2,1-2H3,(H,19,20). The molecule has 20 heavy (non-hydrogen) atoms. The van der Waals surface area contributed by atoms with Gasteiger partial charge in [0.2, 0.25) is 0 Å². The number of carbonyl (C=O) groups is 1. The fraction of sp³-hybridized carbons (Fsp3) is 0.938. The summed E-state index contributed by atoms with van der Waals surface area (Å²) in [6.45, 7) is 9.74. The van der Waals surface area contributed by atoms with Crippen molar-refractivity contribution in [1.29, 1.82) is 0 Å². The lowest BCUT2D eigenvalue weighted by molar-refractivity contribution is -0.137. The van der Waals surface area contributed by atoms with Gasteiger partial charge in [-0.1, -0.05) is 26.7 Å². The van der Waals surface area contributed by atoms with E-state index >= 15 is 0 Å². The van der Waals surface area contributed by atoms with Crippen LogP contribution in [0.1, 0.15) is 46.0 Å². The zero-order valence-corrected chi connectivity index (χ0v) is 13.1. The molecule has 2 rings (SSSR count). The van der Waals surface area contributed by atoms with E-state index < -0.39 is 5.97 Å². The molecule has 0 amide bonds. The molecule has 1 aliphatic carbocycles. The molecule has 0 radical (unpaired) electrons. The van der Waals surface area contributed by atoms with Crippen molar-refractivity contribution < 1.29 is 9.90 Å². The Hall–Kier alpha value is -0.610. The van der Waals surface area contributed by atoms with Crippen LogP contribution in [0.15, 0.2) is 0 Å². The molecule has 116 valence electrons. The summed E-state index contributed by atoms with van der Waals surface area (Å²) in [6, 6.07) is 0.776. The summed E-state index contributed by atoms with van der Waals surface area (Å²) in [5.41, 5.74) is 0. The van der Waals surface area contributed by atoms with E-state index in [-0.39, 0.29) is 6.42 Å². The zero-order valence-electron chi connectivity index (χ0n) is 13.1. The molecule has 1 saturated carbocycles. The highest BCUT2D eigenvalue weighted by molar-refractivity contribution is 5.66. The molecule has 0 spiro atoms. The lowest BCUT2D eigenvalue weighted by Gasteiger charge is -2.43. The van der Waals surface area contributed by atoms with E-state index in [4.69, 9.17) is 5.11 Å². The number of nitrogens with zero attached hydrogens (tertiary/aromatic N) is 2. The maximum atomic E-state index is 10.6. The van der Waals surface area contributed by atoms with Crippen LogP contribution in [-0.2, 0) is 4.79 Å². The Balaban J connectivity index is 1.74. The quantitative estimate of drug-likeness (QED) is 0.840. The van der Waals surface area contributed by atoms with E-state index in [0.29, 0.717) is 6.54 Å². The number of hydrogen-bond donors (Lipinski definition) is 1. The van der Waals surface area contributed by atoms with Crippen molar-refractivity contribution in [2.45, 2.75) is 52.0 Å². The minimum absolute atomic E-state index is 0.277. The predicted molar refractivity (Wildman–Crippen MR) is 80.8 cm³/mol. The van der Waals surface area contributed by atoms with Gasteiger partial charge in [-0.2, -0.15) is 0 Å². The molecule has 1 saturated heterocycles. The summed E-state index contributed by atoms with van der Waals surface area (Å²) in [7, 11) is 0. The second kappa shape index (κ2) is 7.41. The Bertz CT molecular complexity index is 312. The Morgan fingerprint density at radius 2 is 1.90 bits per heavy atom. The van der Waals surface area contributed by atoms with Gasteiger partial charge in [-0.25, -0.2) is 0 Å². The molecule has 1 heterocycles.